The summed E-state index contributed by atoms with van der Waals surface area (Å²) in [5, 5.41) is 4.31. The van der Waals surface area contributed by atoms with Crippen molar-refractivity contribution >= 4 is 33.2 Å². The Hall–Kier alpha value is -2.43. The summed E-state index contributed by atoms with van der Waals surface area (Å²) in [6, 6.07) is 10.6. The van der Waals surface area contributed by atoms with E-state index in [4.69, 9.17) is 9.47 Å². The van der Waals surface area contributed by atoms with Crippen LogP contribution in [0.2, 0.25) is 0 Å². The smallest absolute Gasteiger partial charge is 0.307 e. The average Bonchev–Trinajstić information content (AvgIpc) is 3.23. The molecule has 0 aliphatic rings. The number of carbonyl (C=O) groups is 2. The van der Waals surface area contributed by atoms with E-state index in [1.54, 1.807) is 18.6 Å². The van der Waals surface area contributed by atoms with Crippen LogP contribution in [-0.2, 0) is 30.8 Å². The number of hydrogen-bond acceptors (Lipinski definition) is 7. The highest BCUT2D eigenvalue weighted by Gasteiger charge is 2.15. The number of esters is 1. The first-order valence-corrected chi connectivity index (χ1v) is 10.9. The van der Waals surface area contributed by atoms with Crippen molar-refractivity contribution in [3.63, 3.8) is 0 Å². The molecule has 0 fully saturated rings. The Morgan fingerprint density at radius 1 is 1.11 bits per heavy atom. The van der Waals surface area contributed by atoms with E-state index in [0.29, 0.717) is 13.0 Å². The normalized spacial score (nSPS) is 11.0. The lowest BCUT2D eigenvalue weighted by Crippen LogP contribution is -2.31. The summed E-state index contributed by atoms with van der Waals surface area (Å²) in [4.78, 5) is 23.3. The van der Waals surface area contributed by atoms with Gasteiger partial charge in [0, 0.05) is 13.1 Å². The number of carbonyl (C=O) groups excluding carboxylic acids is 2. The van der Waals surface area contributed by atoms with E-state index in [0.717, 1.165) is 22.6 Å². The zero-order chi connectivity index (χ0) is 20.4. The molecule has 10 heteroatoms. The van der Waals surface area contributed by atoms with Crippen molar-refractivity contribution in [1.82, 2.24) is 10.0 Å². The number of amides is 1. The van der Waals surface area contributed by atoms with Gasteiger partial charge in [0.15, 0.2) is 6.61 Å². The van der Waals surface area contributed by atoms with Crippen molar-refractivity contribution in [2.75, 3.05) is 26.8 Å². The molecule has 0 saturated carbocycles. The highest BCUT2D eigenvalue weighted by molar-refractivity contribution is 7.91. The van der Waals surface area contributed by atoms with Crippen LogP contribution in [0.1, 0.15) is 12.0 Å². The van der Waals surface area contributed by atoms with Gasteiger partial charge in [-0.15, -0.1) is 11.3 Å². The van der Waals surface area contributed by atoms with Crippen molar-refractivity contribution in [2.45, 2.75) is 17.1 Å². The van der Waals surface area contributed by atoms with Crippen molar-refractivity contribution < 1.29 is 27.5 Å². The van der Waals surface area contributed by atoms with Gasteiger partial charge in [-0.25, -0.2) is 13.1 Å². The number of methoxy groups -OCH3 is 1. The quantitative estimate of drug-likeness (QED) is 0.525. The molecule has 0 bridgehead atoms. The highest BCUT2D eigenvalue weighted by Crippen LogP contribution is 2.15. The van der Waals surface area contributed by atoms with E-state index >= 15 is 0 Å². The first kappa shape index (κ1) is 21.9. The molecule has 0 spiro atoms. The molecule has 8 nitrogen and oxygen atoms in total. The van der Waals surface area contributed by atoms with E-state index in [1.807, 2.05) is 24.3 Å². The fourth-order valence-electron chi connectivity index (χ4n) is 2.18. The van der Waals surface area contributed by atoms with Crippen LogP contribution in [0.5, 0.6) is 5.75 Å². The number of benzene rings is 1. The van der Waals surface area contributed by atoms with Gasteiger partial charge in [-0.2, -0.15) is 0 Å². The van der Waals surface area contributed by atoms with Crippen LogP contribution in [0.4, 0.5) is 0 Å². The van der Waals surface area contributed by atoms with Crippen LogP contribution in [0.15, 0.2) is 46.0 Å². The van der Waals surface area contributed by atoms with Crippen molar-refractivity contribution in [1.29, 1.82) is 0 Å². The summed E-state index contributed by atoms with van der Waals surface area (Å²) in [6.45, 7) is -0.0966. The molecule has 0 radical (unpaired) electrons. The number of thiophene rings is 1. The lowest BCUT2D eigenvalue weighted by atomic mass is 10.1. The Morgan fingerprint density at radius 3 is 2.50 bits per heavy atom. The highest BCUT2D eigenvalue weighted by atomic mass is 32.2. The van der Waals surface area contributed by atoms with Crippen LogP contribution in [0.25, 0.3) is 0 Å². The topological polar surface area (TPSA) is 111 Å². The minimum Gasteiger partial charge on any atom is -0.497 e. The molecule has 0 atom stereocenters. The van der Waals surface area contributed by atoms with Gasteiger partial charge in [0.1, 0.15) is 9.96 Å². The van der Waals surface area contributed by atoms with Crippen molar-refractivity contribution in [2.24, 2.45) is 0 Å². The zero-order valence-electron chi connectivity index (χ0n) is 15.3. The molecule has 2 rings (SSSR count). The molecule has 0 unspecified atom stereocenters. The van der Waals surface area contributed by atoms with Gasteiger partial charge in [0.2, 0.25) is 10.0 Å². The second-order valence-corrected chi connectivity index (χ2v) is 8.63. The van der Waals surface area contributed by atoms with Crippen LogP contribution in [0, 0.1) is 0 Å². The molecule has 2 aromatic rings. The molecular weight excluding hydrogens is 404 g/mol. The van der Waals surface area contributed by atoms with Gasteiger partial charge in [-0.3, -0.25) is 9.59 Å². The van der Waals surface area contributed by atoms with Crippen LogP contribution in [0.3, 0.4) is 0 Å². The minimum atomic E-state index is -3.61. The largest absolute Gasteiger partial charge is 0.497 e. The number of ether oxygens (including phenoxy) is 2. The third-order valence-electron chi connectivity index (χ3n) is 3.64. The first-order valence-electron chi connectivity index (χ1n) is 8.49. The molecule has 1 heterocycles. The van der Waals surface area contributed by atoms with Gasteiger partial charge in [-0.05, 0) is 35.6 Å². The molecule has 0 aliphatic carbocycles. The van der Waals surface area contributed by atoms with E-state index in [2.05, 4.69) is 10.0 Å². The Balaban J connectivity index is 1.59. The lowest BCUT2D eigenvalue weighted by molar-refractivity contribution is -0.148. The molecule has 2 N–H and O–H groups in total. The molecule has 1 aromatic heterocycles. The number of sulfonamides is 1. The first-order chi connectivity index (χ1) is 13.4. The average molecular weight is 427 g/mol. The van der Waals surface area contributed by atoms with Crippen LogP contribution < -0.4 is 14.8 Å². The van der Waals surface area contributed by atoms with Crippen molar-refractivity contribution in [3.05, 3.63) is 47.3 Å². The fraction of sp³-hybridized carbons (Fsp3) is 0.333. The third-order valence-corrected chi connectivity index (χ3v) is 6.50. The SMILES string of the molecule is COc1ccc(CCNC(=O)COC(=O)CCNS(=O)(=O)c2cccs2)cc1. The fourth-order valence-corrected chi connectivity index (χ4v) is 4.25. The standard InChI is InChI=1S/C18H22N2O6S2/c1-25-15-6-4-14(5-7-15)8-10-19-16(21)13-26-17(22)9-11-20-28(23,24)18-3-2-12-27-18/h2-7,12,20H,8-11,13H2,1H3,(H,19,21). The van der Waals surface area contributed by atoms with E-state index in [1.165, 1.54) is 6.07 Å². The molecule has 1 aromatic carbocycles. The summed E-state index contributed by atoms with van der Waals surface area (Å²) in [5.41, 5.74) is 1.04. The predicted octanol–water partition coefficient (Wildman–Crippen LogP) is 1.33. The van der Waals surface area contributed by atoms with Crippen LogP contribution >= 0.6 is 11.3 Å². The minimum absolute atomic E-state index is 0.0991. The zero-order valence-corrected chi connectivity index (χ0v) is 17.0. The maximum atomic E-state index is 11.9. The molecule has 28 heavy (non-hydrogen) atoms. The number of nitrogens with one attached hydrogen (secondary N) is 2. The Labute approximate surface area is 167 Å². The van der Waals surface area contributed by atoms with Crippen LogP contribution in [-0.4, -0.2) is 47.1 Å². The maximum absolute atomic E-state index is 11.9. The monoisotopic (exact) mass is 426 g/mol. The Kier molecular flexibility index (Phi) is 8.42. The number of hydrogen-bond donors (Lipinski definition) is 2. The van der Waals surface area contributed by atoms with Gasteiger partial charge in [0.25, 0.3) is 5.91 Å². The molecule has 152 valence electrons. The van der Waals surface area contributed by atoms with Gasteiger partial charge < -0.3 is 14.8 Å². The Bertz CT molecular complexity index is 864. The molecule has 0 saturated heterocycles. The van der Waals surface area contributed by atoms with E-state index in [-0.39, 0.29) is 17.2 Å². The summed E-state index contributed by atoms with van der Waals surface area (Å²) in [6.07, 6.45) is 0.470. The van der Waals surface area contributed by atoms with Gasteiger partial charge in [0.05, 0.1) is 13.5 Å². The summed E-state index contributed by atoms with van der Waals surface area (Å²) >= 11 is 1.08. The second kappa shape index (κ2) is 10.8. The summed E-state index contributed by atoms with van der Waals surface area (Å²) < 4.78 is 36.2. The lowest BCUT2D eigenvalue weighted by Gasteiger charge is -2.08. The Morgan fingerprint density at radius 2 is 1.86 bits per heavy atom. The molecular formula is C18H22N2O6S2. The van der Waals surface area contributed by atoms with E-state index in [9.17, 15) is 18.0 Å². The van der Waals surface area contributed by atoms with E-state index < -0.39 is 28.5 Å². The summed E-state index contributed by atoms with van der Waals surface area (Å²) in [7, 11) is -2.02. The van der Waals surface area contributed by atoms with Gasteiger partial charge in [-0.1, -0.05) is 18.2 Å². The van der Waals surface area contributed by atoms with Crippen molar-refractivity contribution in [3.8, 4) is 5.75 Å². The summed E-state index contributed by atoms with van der Waals surface area (Å²) in [5.74, 6) is -0.308. The maximum Gasteiger partial charge on any atom is 0.307 e. The van der Waals surface area contributed by atoms with Gasteiger partial charge >= 0.3 is 5.97 Å². The number of rotatable bonds is 11. The molecule has 1 amide bonds. The predicted molar refractivity (Wildman–Crippen MR) is 105 cm³/mol. The molecule has 0 aliphatic heterocycles. The third kappa shape index (κ3) is 7.29. The second-order valence-electron chi connectivity index (χ2n) is 5.69.